The summed E-state index contributed by atoms with van der Waals surface area (Å²) in [7, 11) is -0.603. The molecule has 8 nitrogen and oxygen atoms in total. The molecule has 0 fully saturated rings. The van der Waals surface area contributed by atoms with E-state index < -0.39 is 8.32 Å². The van der Waals surface area contributed by atoms with Crippen LogP contribution in [0.2, 0.25) is 18.1 Å². The Labute approximate surface area is 212 Å². The van der Waals surface area contributed by atoms with Gasteiger partial charge in [0, 0.05) is 18.1 Å². The van der Waals surface area contributed by atoms with Crippen molar-refractivity contribution in [2.75, 3.05) is 12.8 Å². The van der Waals surface area contributed by atoms with Gasteiger partial charge in [0.2, 0.25) is 20.1 Å². The summed E-state index contributed by atoms with van der Waals surface area (Å²) in [6, 6.07) is 9.68. The minimum Gasteiger partial charge on any atom is -0.481 e. The highest BCUT2D eigenvalue weighted by atomic mass is 28.4. The summed E-state index contributed by atoms with van der Waals surface area (Å²) in [4.78, 5) is 18.4. The minimum absolute atomic E-state index is 0.00766. The van der Waals surface area contributed by atoms with Crippen molar-refractivity contribution < 1.29 is 13.7 Å². The maximum atomic E-state index is 14.4. The number of halogens is 1. The smallest absolute Gasteiger partial charge is 0.228 e. The first-order valence-electron chi connectivity index (χ1n) is 11.9. The molecule has 0 saturated heterocycles. The zero-order valence-electron chi connectivity index (χ0n) is 21.8. The highest BCUT2D eigenvalue weighted by Gasteiger charge is 2.39. The van der Waals surface area contributed by atoms with Crippen LogP contribution < -0.4 is 16.0 Å². The summed E-state index contributed by atoms with van der Waals surface area (Å²) < 4.78 is 26.0. The summed E-state index contributed by atoms with van der Waals surface area (Å²) in [5, 5.41) is -0.00766. The van der Waals surface area contributed by atoms with Crippen LogP contribution >= 0.6 is 0 Å². The highest BCUT2D eigenvalue weighted by molar-refractivity contribution is 6.74. The molecule has 0 aliphatic carbocycles. The number of aromatic nitrogens is 3. The second-order valence-corrected chi connectivity index (χ2v) is 15.2. The molecule has 0 amide bonds. The molecule has 0 bridgehead atoms. The van der Waals surface area contributed by atoms with Crippen LogP contribution in [0, 0.1) is 12.7 Å². The Morgan fingerprint density at radius 2 is 1.86 bits per heavy atom. The van der Waals surface area contributed by atoms with Gasteiger partial charge in [0.25, 0.3) is 0 Å². The molecular weight excluding hydrogens is 475 g/mol. The molecule has 2 aromatic heterocycles. The van der Waals surface area contributed by atoms with Gasteiger partial charge in [-0.3, -0.25) is 10.5 Å². The van der Waals surface area contributed by atoms with Gasteiger partial charge in [0.1, 0.15) is 5.82 Å². The summed E-state index contributed by atoms with van der Waals surface area (Å²) in [6.45, 7) is 12.7. The van der Waals surface area contributed by atoms with Crippen molar-refractivity contribution in [2.24, 2.45) is 4.99 Å². The molecule has 1 atom stereocenters. The number of nitrogens with two attached hydrogens (primary N) is 1. The van der Waals surface area contributed by atoms with Gasteiger partial charge >= 0.3 is 0 Å². The number of methoxy groups -OCH3 is 1. The average Bonchev–Trinajstić information content (AvgIpc) is 2.81. The largest absolute Gasteiger partial charge is 0.481 e. The van der Waals surface area contributed by atoms with Crippen LogP contribution in [-0.4, -0.2) is 36.2 Å². The molecule has 10 heteroatoms. The van der Waals surface area contributed by atoms with E-state index in [2.05, 4.69) is 54.3 Å². The van der Waals surface area contributed by atoms with Crippen LogP contribution in [0.1, 0.15) is 49.3 Å². The molecule has 3 heterocycles. The Bertz CT molecular complexity index is 1320. The van der Waals surface area contributed by atoms with Crippen molar-refractivity contribution in [1.82, 2.24) is 20.4 Å². The first-order chi connectivity index (χ1) is 16.9. The number of anilines is 1. The number of hydrogen-bond donors (Lipinski definition) is 2. The average molecular weight is 509 g/mol. The third-order valence-corrected chi connectivity index (χ3v) is 11.1. The summed E-state index contributed by atoms with van der Waals surface area (Å²) in [6.07, 6.45) is 0.469. The normalized spacial score (nSPS) is 15.8. The molecule has 1 aliphatic rings. The Morgan fingerprint density at radius 1 is 1.11 bits per heavy atom. The molecular formula is C26H33FN6O2Si. The molecule has 0 unspecified atom stereocenters. The van der Waals surface area contributed by atoms with Crippen LogP contribution in [0.3, 0.4) is 0 Å². The number of pyridine rings is 1. The molecule has 3 N–H and O–H groups in total. The van der Waals surface area contributed by atoms with Gasteiger partial charge in [-0.15, -0.1) is 0 Å². The molecule has 1 aliphatic heterocycles. The van der Waals surface area contributed by atoms with Crippen molar-refractivity contribution in [1.29, 1.82) is 0 Å². The number of nitrogens with zero attached hydrogens (tertiary/aromatic N) is 4. The number of fused-ring (bicyclic) bond motifs is 1. The van der Waals surface area contributed by atoms with E-state index in [1.165, 1.54) is 12.1 Å². The predicted octanol–water partition coefficient (Wildman–Crippen LogP) is 5.15. The van der Waals surface area contributed by atoms with Gasteiger partial charge in [-0.1, -0.05) is 32.9 Å². The lowest BCUT2D eigenvalue weighted by molar-refractivity contribution is 0.234. The molecule has 0 spiro atoms. The van der Waals surface area contributed by atoms with Crippen LogP contribution in [-0.2, 0) is 10.9 Å². The number of amidine groups is 1. The molecule has 0 saturated carbocycles. The molecule has 3 aromatic rings. The summed E-state index contributed by atoms with van der Waals surface area (Å²) in [5.74, 6) is 0.824. The number of aryl methyl sites for hydroxylation is 1. The third kappa shape index (κ3) is 5.10. The summed E-state index contributed by atoms with van der Waals surface area (Å²) >= 11 is 0. The Hall–Kier alpha value is -3.37. The second-order valence-electron chi connectivity index (χ2n) is 10.4. The van der Waals surface area contributed by atoms with Crippen LogP contribution in [0.25, 0.3) is 11.3 Å². The van der Waals surface area contributed by atoms with E-state index in [4.69, 9.17) is 20.0 Å². The minimum atomic E-state index is -2.15. The number of ether oxygens (including phenoxy) is 1. The lowest BCUT2D eigenvalue weighted by atomic mass is 9.91. The van der Waals surface area contributed by atoms with E-state index in [0.29, 0.717) is 29.4 Å². The van der Waals surface area contributed by atoms with E-state index in [1.54, 1.807) is 19.2 Å². The van der Waals surface area contributed by atoms with E-state index in [1.807, 2.05) is 19.1 Å². The monoisotopic (exact) mass is 508 g/mol. The van der Waals surface area contributed by atoms with E-state index in [0.717, 1.165) is 22.5 Å². The lowest BCUT2D eigenvalue weighted by Crippen LogP contribution is -2.47. The number of nitrogen functional groups attached to an aromatic ring is 1. The first kappa shape index (κ1) is 25.7. The van der Waals surface area contributed by atoms with Gasteiger partial charge in [-0.05, 0) is 48.8 Å². The first-order valence-corrected chi connectivity index (χ1v) is 14.8. The number of benzene rings is 1. The quantitative estimate of drug-likeness (QED) is 0.363. The fraction of sp³-hybridized carbons (Fsp3) is 0.385. The summed E-state index contributed by atoms with van der Waals surface area (Å²) in [5.41, 5.74) is 13.5. The Kier molecular flexibility index (Phi) is 6.85. The standard InChI is InChI=1S/C26H33FN6O2Si/c1-15-23-21(32-25(28)29-15)14-20(31-24(23)33-35-36(6,7)26(2,3)4)17-12-11-16(27)13-18(17)19-9-8-10-22(30-19)34-5/h8-13,20H,14H2,1-7H3,(H,31,33)(H2,28,29,32)/t20-/m1/s1. The number of aliphatic imine (C=N–C) groups is 1. The van der Waals surface area contributed by atoms with Crippen molar-refractivity contribution in [3.63, 3.8) is 0 Å². The predicted molar refractivity (Wildman–Crippen MR) is 142 cm³/mol. The molecule has 1 aromatic carbocycles. The highest BCUT2D eigenvalue weighted by Crippen LogP contribution is 2.38. The Morgan fingerprint density at radius 3 is 2.56 bits per heavy atom. The number of hydrogen-bond acceptors (Lipinski definition) is 8. The van der Waals surface area contributed by atoms with Crippen LogP contribution in [0.15, 0.2) is 41.4 Å². The van der Waals surface area contributed by atoms with Gasteiger partial charge in [0.15, 0.2) is 5.84 Å². The molecule has 36 heavy (non-hydrogen) atoms. The number of hydroxylamine groups is 1. The molecule has 190 valence electrons. The third-order valence-electron chi connectivity index (χ3n) is 6.88. The van der Waals surface area contributed by atoms with Crippen molar-refractivity contribution in [3.8, 4) is 17.1 Å². The number of nitrogens with one attached hydrogen (secondary N) is 1. The fourth-order valence-electron chi connectivity index (χ4n) is 3.87. The van der Waals surface area contributed by atoms with Gasteiger partial charge in [-0.25, -0.2) is 19.3 Å². The molecule has 0 radical (unpaired) electrons. The topological polar surface area (TPSA) is 108 Å². The van der Waals surface area contributed by atoms with Gasteiger partial charge < -0.3 is 15.0 Å². The molecule has 4 rings (SSSR count). The van der Waals surface area contributed by atoms with Crippen molar-refractivity contribution in [2.45, 2.75) is 58.3 Å². The zero-order chi connectivity index (χ0) is 26.3. The van der Waals surface area contributed by atoms with E-state index in [9.17, 15) is 4.39 Å². The maximum absolute atomic E-state index is 14.4. The van der Waals surface area contributed by atoms with Crippen molar-refractivity contribution in [3.05, 3.63) is 64.7 Å². The van der Waals surface area contributed by atoms with Crippen LogP contribution in [0.5, 0.6) is 5.88 Å². The van der Waals surface area contributed by atoms with E-state index in [-0.39, 0.29) is 22.8 Å². The second kappa shape index (κ2) is 9.59. The van der Waals surface area contributed by atoms with Crippen molar-refractivity contribution >= 4 is 20.1 Å². The Balaban J connectivity index is 1.82. The van der Waals surface area contributed by atoms with Crippen LogP contribution in [0.4, 0.5) is 10.3 Å². The zero-order valence-corrected chi connectivity index (χ0v) is 22.8. The number of rotatable bonds is 5. The lowest BCUT2D eigenvalue weighted by Gasteiger charge is -2.36. The van der Waals surface area contributed by atoms with E-state index >= 15 is 0 Å². The SMILES string of the molecule is COc1cccc(-c2cc(F)ccc2[C@H]2Cc3nc(N)nc(C)c3C(NO[Si](C)(C)C(C)(C)C)=N2)n1. The fourth-order valence-corrected chi connectivity index (χ4v) is 4.52. The maximum Gasteiger partial charge on any atom is 0.228 e. The van der Waals surface area contributed by atoms with Gasteiger partial charge in [0.05, 0.1) is 35.8 Å². The van der Waals surface area contributed by atoms with Gasteiger partial charge in [-0.2, -0.15) is 0 Å².